The van der Waals surface area contributed by atoms with Crippen LogP contribution in [0.1, 0.15) is 53.0 Å². The second-order valence-corrected chi connectivity index (χ2v) is 15.4. The Morgan fingerprint density at radius 3 is 2.18 bits per heavy atom. The zero-order valence-corrected chi connectivity index (χ0v) is 22.8. The average molecular weight is 489 g/mol. The molecule has 2 atom stereocenters. The molecule has 0 aliphatic rings. The van der Waals surface area contributed by atoms with E-state index in [1.54, 1.807) is 0 Å². The molecule has 0 aromatic heterocycles. The minimum atomic E-state index is -1.86. The van der Waals surface area contributed by atoms with E-state index >= 15 is 0 Å². The van der Waals surface area contributed by atoms with Crippen molar-refractivity contribution in [3.05, 3.63) is 35.9 Å². The summed E-state index contributed by atoms with van der Waals surface area (Å²) in [6.45, 7) is 14.8. The number of hydrogen-bond donors (Lipinski definition) is 2. The van der Waals surface area contributed by atoms with Crippen molar-refractivity contribution in [2.45, 2.75) is 84.3 Å². The lowest BCUT2D eigenvalue weighted by Gasteiger charge is -2.31. The summed E-state index contributed by atoms with van der Waals surface area (Å²) in [6.07, 6.45) is -0.176. The van der Waals surface area contributed by atoms with Crippen LogP contribution in [0.15, 0.2) is 30.3 Å². The lowest BCUT2D eigenvalue weighted by atomic mass is 10.0. The summed E-state index contributed by atoms with van der Waals surface area (Å²) >= 11 is 0. The molecule has 0 heterocycles. The van der Waals surface area contributed by atoms with Crippen molar-refractivity contribution >= 4 is 26.0 Å². The van der Waals surface area contributed by atoms with Crippen molar-refractivity contribution in [2.75, 3.05) is 7.11 Å². The number of alkyl carbamates (subject to hydrolysis) is 1. The molecule has 1 rings (SSSR count). The van der Waals surface area contributed by atoms with Crippen LogP contribution in [0.25, 0.3) is 0 Å². The van der Waals surface area contributed by atoms with Gasteiger partial charge in [0.25, 0.3) is 0 Å². The third-order valence-corrected chi connectivity index (χ3v) is 10.5. The molecule has 0 spiro atoms. The lowest BCUT2D eigenvalue weighted by Crippen LogP contribution is -2.52. The molecule has 0 unspecified atom stereocenters. The Kier molecular flexibility index (Phi) is 11.3. The third-order valence-electron chi connectivity index (χ3n) is 5.91. The molecule has 7 nitrogen and oxygen atoms in total. The van der Waals surface area contributed by atoms with Crippen LogP contribution >= 0.6 is 0 Å². The first-order valence-electron chi connectivity index (χ1n) is 11.6. The molecule has 2 N–H and O–H groups in total. The van der Waals surface area contributed by atoms with Gasteiger partial charge in [0.15, 0.2) is 0 Å². The van der Waals surface area contributed by atoms with Gasteiger partial charge in [-0.15, -0.1) is 11.5 Å². The predicted molar refractivity (Wildman–Crippen MR) is 137 cm³/mol. The van der Waals surface area contributed by atoms with Crippen molar-refractivity contribution in [1.29, 1.82) is 0 Å². The van der Waals surface area contributed by atoms with Gasteiger partial charge in [-0.3, -0.25) is 4.79 Å². The second-order valence-electron chi connectivity index (χ2n) is 10.4. The van der Waals surface area contributed by atoms with Crippen molar-refractivity contribution < 1.29 is 23.9 Å². The minimum Gasteiger partial charge on any atom is -0.467 e. The van der Waals surface area contributed by atoms with Crippen LogP contribution in [0.5, 0.6) is 0 Å². The largest absolute Gasteiger partial charge is 0.467 e. The maximum atomic E-state index is 13.0. The van der Waals surface area contributed by atoms with Gasteiger partial charge in [0.2, 0.25) is 5.91 Å². The summed E-state index contributed by atoms with van der Waals surface area (Å²) < 4.78 is 10.1. The van der Waals surface area contributed by atoms with Crippen LogP contribution in [0.2, 0.25) is 18.1 Å². The van der Waals surface area contributed by atoms with E-state index in [0.29, 0.717) is 6.42 Å². The molecule has 0 bridgehead atoms. The Balaban J connectivity index is 2.87. The smallest absolute Gasteiger partial charge is 0.408 e. The van der Waals surface area contributed by atoms with Gasteiger partial charge in [-0.1, -0.05) is 78.0 Å². The molecule has 1 aromatic rings. The number of esters is 1. The highest BCUT2D eigenvalue weighted by Gasteiger charge is 2.34. The second kappa shape index (κ2) is 13.2. The fourth-order valence-electron chi connectivity index (χ4n) is 2.78. The SMILES string of the molecule is COC(=O)[C@H](CC#C[Si](C)(C)C(C)(C)C)NC(=O)[C@H](CC(C)C)NC(=O)OCc1ccccc1. The first-order chi connectivity index (χ1) is 15.8. The monoisotopic (exact) mass is 488 g/mol. The molecular weight excluding hydrogens is 448 g/mol. The summed E-state index contributed by atoms with van der Waals surface area (Å²) in [7, 11) is -0.587. The van der Waals surface area contributed by atoms with Gasteiger partial charge in [0, 0.05) is 6.42 Å². The normalized spacial score (nSPS) is 13.2. The molecule has 0 saturated heterocycles. The Morgan fingerprint density at radius 2 is 1.65 bits per heavy atom. The maximum Gasteiger partial charge on any atom is 0.408 e. The van der Waals surface area contributed by atoms with Crippen molar-refractivity contribution in [1.82, 2.24) is 10.6 Å². The van der Waals surface area contributed by atoms with Crippen LogP contribution in [-0.2, 0) is 25.7 Å². The Hall–Kier alpha value is -2.79. The van der Waals surface area contributed by atoms with E-state index < -0.39 is 38.1 Å². The molecule has 2 amide bonds. The molecule has 0 aliphatic carbocycles. The summed E-state index contributed by atoms with van der Waals surface area (Å²) in [5, 5.41) is 5.41. The number of amides is 2. The molecule has 34 heavy (non-hydrogen) atoms. The van der Waals surface area contributed by atoms with Gasteiger partial charge < -0.3 is 20.1 Å². The highest BCUT2D eigenvalue weighted by molar-refractivity contribution is 6.87. The van der Waals surface area contributed by atoms with E-state index in [9.17, 15) is 14.4 Å². The summed E-state index contributed by atoms with van der Waals surface area (Å²) in [5.74, 6) is 2.17. The Morgan fingerprint density at radius 1 is 1.03 bits per heavy atom. The van der Waals surface area contributed by atoms with E-state index in [0.717, 1.165) is 5.56 Å². The number of benzene rings is 1. The molecule has 1 aromatic carbocycles. The van der Waals surface area contributed by atoms with Gasteiger partial charge in [-0.2, -0.15) is 0 Å². The first-order valence-corrected chi connectivity index (χ1v) is 14.6. The zero-order valence-electron chi connectivity index (χ0n) is 21.8. The topological polar surface area (TPSA) is 93.7 Å². The van der Waals surface area contributed by atoms with Gasteiger partial charge in [0.05, 0.1) is 7.11 Å². The number of methoxy groups -OCH3 is 1. The Labute approximate surface area is 205 Å². The summed E-state index contributed by atoms with van der Waals surface area (Å²) in [4.78, 5) is 37.7. The number of nitrogens with one attached hydrogen (secondary N) is 2. The molecule has 0 aliphatic heterocycles. The first kappa shape index (κ1) is 29.2. The van der Waals surface area contributed by atoms with E-state index in [1.807, 2.05) is 44.2 Å². The highest BCUT2D eigenvalue weighted by Crippen LogP contribution is 2.35. The van der Waals surface area contributed by atoms with E-state index in [4.69, 9.17) is 9.47 Å². The third kappa shape index (κ3) is 10.00. The van der Waals surface area contributed by atoms with Gasteiger partial charge in [0.1, 0.15) is 26.8 Å². The van der Waals surface area contributed by atoms with Gasteiger partial charge in [-0.25, -0.2) is 9.59 Å². The number of carbonyl (C=O) groups is 3. The molecule has 0 saturated carbocycles. The average Bonchev–Trinajstić information content (AvgIpc) is 2.75. The molecule has 0 radical (unpaired) electrons. The van der Waals surface area contributed by atoms with Crippen LogP contribution in [0.3, 0.4) is 0 Å². The van der Waals surface area contributed by atoms with Crippen LogP contribution in [0, 0.1) is 17.4 Å². The summed E-state index contributed by atoms with van der Waals surface area (Å²) in [5.41, 5.74) is 4.19. The zero-order chi connectivity index (χ0) is 25.9. The quantitative estimate of drug-likeness (QED) is 0.305. The van der Waals surface area contributed by atoms with Crippen molar-refractivity contribution in [2.24, 2.45) is 5.92 Å². The predicted octanol–water partition coefficient (Wildman–Crippen LogP) is 4.43. The molecular formula is C26H40N2O5Si. The van der Waals surface area contributed by atoms with Gasteiger partial charge in [-0.05, 0) is 22.9 Å². The van der Waals surface area contributed by atoms with Crippen molar-refractivity contribution in [3.63, 3.8) is 0 Å². The van der Waals surface area contributed by atoms with Gasteiger partial charge >= 0.3 is 12.1 Å². The number of ether oxygens (including phenoxy) is 2. The minimum absolute atomic E-state index is 0.0798. The van der Waals surface area contributed by atoms with E-state index in [-0.39, 0.29) is 24.0 Å². The number of hydrogen-bond acceptors (Lipinski definition) is 5. The van der Waals surface area contributed by atoms with Crippen LogP contribution in [-0.4, -0.2) is 45.2 Å². The Bertz CT molecular complexity index is 882. The maximum absolute atomic E-state index is 13.0. The van der Waals surface area contributed by atoms with E-state index in [2.05, 4.69) is 56.0 Å². The lowest BCUT2D eigenvalue weighted by molar-refractivity contribution is -0.145. The molecule has 0 fully saturated rings. The number of carbonyl (C=O) groups excluding carboxylic acids is 3. The summed E-state index contributed by atoms with van der Waals surface area (Å²) in [6, 6.07) is 7.49. The fourth-order valence-corrected chi connectivity index (χ4v) is 3.70. The van der Waals surface area contributed by atoms with Crippen LogP contribution < -0.4 is 10.6 Å². The van der Waals surface area contributed by atoms with E-state index in [1.165, 1.54) is 7.11 Å². The standard InChI is InChI=1S/C26H40N2O5Si/c1-19(2)17-22(28-25(31)33-18-20-13-10-9-11-14-20)23(29)27-21(24(30)32-6)15-12-16-34(7,8)26(3,4)5/h9-11,13-14,19,21-22H,15,17-18H2,1-8H3,(H,27,29)(H,28,31)/t21-,22-/m0/s1. The molecule has 188 valence electrons. The molecule has 8 heteroatoms. The highest BCUT2D eigenvalue weighted by atomic mass is 28.3. The number of rotatable bonds is 9. The fraction of sp³-hybridized carbons (Fsp3) is 0.577. The van der Waals surface area contributed by atoms with Crippen molar-refractivity contribution in [3.8, 4) is 11.5 Å². The van der Waals surface area contributed by atoms with Crippen LogP contribution in [0.4, 0.5) is 4.79 Å².